The van der Waals surface area contributed by atoms with Crippen molar-refractivity contribution in [3.8, 4) is 0 Å². The molecule has 4 N–H and O–H groups in total. The fourth-order valence-corrected chi connectivity index (χ4v) is 5.31. The Morgan fingerprint density at radius 1 is 0.500 bits per heavy atom. The quantitative estimate of drug-likeness (QED) is 0.225. The summed E-state index contributed by atoms with van der Waals surface area (Å²) in [5.41, 5.74) is 2.85. The number of ether oxygens (including phenoxy) is 2. The molecule has 7 heteroatoms. The highest BCUT2D eigenvalue weighted by atomic mass is 16.7. The second-order valence-corrected chi connectivity index (χ2v) is 14.0. The van der Waals surface area contributed by atoms with E-state index in [1.165, 1.54) is 51.7 Å². The van der Waals surface area contributed by atoms with Crippen molar-refractivity contribution >= 4 is 0 Å². The first-order valence-electron chi connectivity index (χ1n) is 21.7. The van der Waals surface area contributed by atoms with E-state index in [1.807, 2.05) is 69.2 Å². The van der Waals surface area contributed by atoms with Crippen molar-refractivity contribution in [2.45, 2.75) is 189 Å². The second kappa shape index (κ2) is 44.9. The summed E-state index contributed by atoms with van der Waals surface area (Å²) < 4.78 is 10.5. The average Bonchev–Trinajstić information content (AvgIpc) is 4.00. The molecule has 0 radical (unpaired) electrons. The molecule has 0 aromatic rings. The Labute approximate surface area is 318 Å². The Morgan fingerprint density at radius 3 is 1.26 bits per heavy atom. The van der Waals surface area contributed by atoms with Gasteiger partial charge in [0.05, 0.1) is 26.0 Å². The molecular weight excluding hydrogens is 620 g/mol. The number of hydrogen-bond donors (Lipinski definition) is 4. The van der Waals surface area contributed by atoms with Gasteiger partial charge in [0.2, 0.25) is 0 Å². The molecule has 0 spiro atoms. The number of rotatable bonds is 5. The lowest BCUT2D eigenvalue weighted by Gasteiger charge is -2.12. The maximum Gasteiger partial charge on any atom is 0.0969 e. The molecule has 5 fully saturated rings. The second-order valence-electron chi connectivity index (χ2n) is 14.0. The number of hydrogen-bond acceptors (Lipinski definition) is 7. The van der Waals surface area contributed by atoms with Gasteiger partial charge >= 0.3 is 0 Å². The first-order valence-corrected chi connectivity index (χ1v) is 21.7. The Morgan fingerprint density at radius 2 is 1.06 bits per heavy atom. The minimum absolute atomic E-state index is 0.565. The van der Waals surface area contributed by atoms with Gasteiger partial charge in [0, 0.05) is 31.2 Å². The highest BCUT2D eigenvalue weighted by molar-refractivity contribution is 4.76. The van der Waals surface area contributed by atoms with Crippen LogP contribution in [0.25, 0.3) is 0 Å². The van der Waals surface area contributed by atoms with E-state index in [0.717, 1.165) is 74.6 Å². The monoisotopic (exact) mass is 721 g/mol. The molecular formula is C43H100N4O3. The lowest BCUT2D eigenvalue weighted by molar-refractivity contribution is 0.0758. The van der Waals surface area contributed by atoms with Crippen LogP contribution in [0.5, 0.6) is 0 Å². The number of hydroxylamine groups is 1. The molecule has 0 aromatic heterocycles. The van der Waals surface area contributed by atoms with Crippen molar-refractivity contribution in [1.82, 2.24) is 21.4 Å². The van der Waals surface area contributed by atoms with Gasteiger partial charge in [-0.15, -0.1) is 0 Å². The standard InChI is InChI=1S/2C7H15N.C7H14O.2C6H13NO.5C2H6/c1-6(2)7-3-4-8-5-7;2*1-6(2)7-4-3-5-8-7;1-5(2)6-3-8-4-7-6;1-5(2)6-3-7-8-4-6;5*1-2/h2*6-8H,3-5H2,1-2H3;6-7H,3-5H2,1-2H3;2*5-7H,3-4H2,1-2H3;5*1-2H3. The Kier molecular flexibility index (Phi) is 53.0. The highest BCUT2D eigenvalue weighted by Crippen LogP contribution is 2.19. The zero-order chi connectivity index (χ0) is 39.9. The molecule has 5 saturated heterocycles. The lowest BCUT2D eigenvalue weighted by Crippen LogP contribution is -2.28. The van der Waals surface area contributed by atoms with Gasteiger partial charge in [-0.25, -0.2) is 5.48 Å². The first kappa shape index (κ1) is 59.0. The van der Waals surface area contributed by atoms with Gasteiger partial charge in [-0.05, 0) is 87.2 Å². The molecule has 5 aliphatic heterocycles. The van der Waals surface area contributed by atoms with E-state index in [4.69, 9.17) is 14.3 Å². The van der Waals surface area contributed by atoms with Gasteiger partial charge in [0.15, 0.2) is 0 Å². The zero-order valence-electron chi connectivity index (χ0n) is 38.2. The molecule has 310 valence electrons. The van der Waals surface area contributed by atoms with E-state index < -0.39 is 0 Å². The van der Waals surface area contributed by atoms with Gasteiger partial charge in [0.1, 0.15) is 0 Å². The van der Waals surface area contributed by atoms with Crippen LogP contribution in [-0.2, 0) is 14.3 Å². The predicted molar refractivity (Wildman–Crippen MR) is 227 cm³/mol. The molecule has 0 aliphatic carbocycles. The van der Waals surface area contributed by atoms with Crippen molar-refractivity contribution in [2.75, 3.05) is 52.7 Å². The van der Waals surface area contributed by atoms with Crippen LogP contribution in [0.1, 0.15) is 171 Å². The van der Waals surface area contributed by atoms with Crippen LogP contribution in [0, 0.1) is 41.4 Å². The average molecular weight is 721 g/mol. The van der Waals surface area contributed by atoms with E-state index in [-0.39, 0.29) is 0 Å². The molecule has 0 saturated carbocycles. The van der Waals surface area contributed by atoms with E-state index in [9.17, 15) is 0 Å². The lowest BCUT2D eigenvalue weighted by atomic mass is 9.96. The van der Waals surface area contributed by atoms with Crippen molar-refractivity contribution in [3.63, 3.8) is 0 Å². The van der Waals surface area contributed by atoms with Crippen molar-refractivity contribution in [1.29, 1.82) is 0 Å². The fraction of sp³-hybridized carbons (Fsp3) is 1.00. The summed E-state index contributed by atoms with van der Waals surface area (Å²) >= 11 is 0. The van der Waals surface area contributed by atoms with Gasteiger partial charge in [0.25, 0.3) is 0 Å². The summed E-state index contributed by atoms with van der Waals surface area (Å²) in [6.45, 7) is 50.7. The summed E-state index contributed by atoms with van der Waals surface area (Å²) in [6, 6.07) is 1.41. The van der Waals surface area contributed by atoms with Gasteiger partial charge < -0.3 is 24.9 Å². The van der Waals surface area contributed by atoms with Crippen molar-refractivity contribution in [3.05, 3.63) is 0 Å². The Bertz CT molecular complexity index is 444. The summed E-state index contributed by atoms with van der Waals surface area (Å²) in [5.74, 6) is 5.58. The Balaban J connectivity index is -0.000000158. The smallest absolute Gasteiger partial charge is 0.0969 e. The van der Waals surface area contributed by atoms with Gasteiger partial charge in [-0.1, -0.05) is 138 Å². The predicted octanol–water partition coefficient (Wildman–Crippen LogP) is 11.0. The van der Waals surface area contributed by atoms with Crippen LogP contribution < -0.4 is 21.4 Å². The van der Waals surface area contributed by atoms with Crippen LogP contribution >= 0.6 is 0 Å². The molecule has 5 atom stereocenters. The normalized spacial score (nSPS) is 24.3. The zero-order valence-corrected chi connectivity index (χ0v) is 38.2. The Hall–Kier alpha value is -0.280. The fourth-order valence-electron chi connectivity index (χ4n) is 5.31. The molecule has 7 nitrogen and oxygen atoms in total. The third-order valence-electron chi connectivity index (χ3n) is 8.89. The van der Waals surface area contributed by atoms with Crippen molar-refractivity contribution < 1.29 is 14.3 Å². The number of nitrogens with one attached hydrogen (secondary N) is 4. The van der Waals surface area contributed by atoms with Gasteiger partial charge in [-0.3, -0.25) is 5.32 Å². The highest BCUT2D eigenvalue weighted by Gasteiger charge is 2.20. The molecule has 0 aromatic carbocycles. The van der Waals surface area contributed by atoms with E-state index >= 15 is 0 Å². The largest absolute Gasteiger partial charge is 0.378 e. The maximum atomic E-state index is 5.41. The third-order valence-corrected chi connectivity index (χ3v) is 8.89. The molecule has 0 amide bonds. The van der Waals surface area contributed by atoms with E-state index in [0.29, 0.717) is 18.1 Å². The van der Waals surface area contributed by atoms with Crippen LogP contribution in [0.3, 0.4) is 0 Å². The summed E-state index contributed by atoms with van der Waals surface area (Å²) in [6.07, 6.45) is 7.26. The molecule has 5 aliphatic rings. The summed E-state index contributed by atoms with van der Waals surface area (Å²) in [4.78, 5) is 4.97. The van der Waals surface area contributed by atoms with Crippen molar-refractivity contribution in [2.24, 2.45) is 41.4 Å². The molecule has 5 rings (SSSR count). The van der Waals surface area contributed by atoms with Gasteiger partial charge in [-0.2, -0.15) is 0 Å². The van der Waals surface area contributed by atoms with E-state index in [1.54, 1.807) is 0 Å². The molecule has 5 unspecified atom stereocenters. The minimum atomic E-state index is 0.565. The van der Waals surface area contributed by atoms with Crippen LogP contribution in [0.15, 0.2) is 0 Å². The van der Waals surface area contributed by atoms with Crippen LogP contribution in [0.2, 0.25) is 0 Å². The van der Waals surface area contributed by atoms with E-state index in [2.05, 4.69) is 90.7 Å². The third kappa shape index (κ3) is 34.8. The van der Waals surface area contributed by atoms with Crippen LogP contribution in [-0.4, -0.2) is 70.9 Å². The molecule has 50 heavy (non-hydrogen) atoms. The summed E-state index contributed by atoms with van der Waals surface area (Å²) in [5, 5.41) is 10.0. The first-order chi connectivity index (χ1) is 24.0. The maximum absolute atomic E-state index is 5.41. The summed E-state index contributed by atoms with van der Waals surface area (Å²) in [7, 11) is 0. The molecule has 5 heterocycles. The minimum Gasteiger partial charge on any atom is -0.378 e. The van der Waals surface area contributed by atoms with Crippen LogP contribution in [0.4, 0.5) is 0 Å². The molecule has 0 bridgehead atoms. The topological polar surface area (TPSA) is 75.8 Å². The SMILES string of the molecule is CC.CC.CC.CC.CC.CC(C)C1CCCN1.CC(C)C1CCCO1.CC(C)C1CCNC1.CC(C)C1CNOC1.CC(C)C1COCN1.